The molecule has 2 aromatic carbocycles. The maximum absolute atomic E-state index is 6.14. The van der Waals surface area contributed by atoms with E-state index in [0.717, 1.165) is 36.8 Å². The molecule has 0 saturated heterocycles. The van der Waals surface area contributed by atoms with Gasteiger partial charge in [-0.25, -0.2) is 0 Å². The van der Waals surface area contributed by atoms with Gasteiger partial charge in [0.05, 0.1) is 6.61 Å². The summed E-state index contributed by atoms with van der Waals surface area (Å²) in [5.74, 6) is 1.00. The molecule has 0 aromatic heterocycles. The van der Waals surface area contributed by atoms with E-state index in [1.807, 2.05) is 12.1 Å². The quantitative estimate of drug-likeness (QED) is 0.359. The van der Waals surface area contributed by atoms with Gasteiger partial charge in [0.25, 0.3) is 0 Å². The van der Waals surface area contributed by atoms with Crippen LogP contribution in [0.15, 0.2) is 48.5 Å². The van der Waals surface area contributed by atoms with E-state index in [1.54, 1.807) is 0 Å². The van der Waals surface area contributed by atoms with Gasteiger partial charge in [0.2, 0.25) is 0 Å². The predicted octanol–water partition coefficient (Wildman–Crippen LogP) is 6.60. The molecule has 0 N–H and O–H groups in total. The highest BCUT2D eigenvalue weighted by atomic mass is 35.5. The van der Waals surface area contributed by atoms with E-state index in [2.05, 4.69) is 55.1 Å². The Morgan fingerprint density at radius 2 is 1.44 bits per heavy atom. The highest BCUT2D eigenvalue weighted by Gasteiger charge is 2.07. The number of ether oxygens (including phenoxy) is 1. The SMILES string of the molecule is CCCCN(CCCC)CCCOc1ccccc1Cc1ccc(Cl)cc1. The third-order valence-electron chi connectivity index (χ3n) is 4.81. The van der Waals surface area contributed by atoms with Gasteiger partial charge in [-0.05, 0) is 61.7 Å². The predicted molar refractivity (Wildman–Crippen MR) is 117 cm³/mol. The summed E-state index contributed by atoms with van der Waals surface area (Å²) in [6.07, 6.45) is 7.03. The van der Waals surface area contributed by atoms with Crippen molar-refractivity contribution in [2.45, 2.75) is 52.4 Å². The molecule has 0 spiro atoms. The Hall–Kier alpha value is -1.51. The van der Waals surface area contributed by atoms with Crippen molar-refractivity contribution in [1.82, 2.24) is 4.90 Å². The fourth-order valence-electron chi connectivity index (χ4n) is 3.18. The maximum atomic E-state index is 6.14. The molecule has 0 aliphatic heterocycles. The van der Waals surface area contributed by atoms with E-state index in [0.29, 0.717) is 0 Å². The Labute approximate surface area is 170 Å². The zero-order valence-corrected chi connectivity index (χ0v) is 17.7. The van der Waals surface area contributed by atoms with Gasteiger partial charge in [-0.1, -0.05) is 68.6 Å². The van der Waals surface area contributed by atoms with Gasteiger partial charge in [0, 0.05) is 18.0 Å². The summed E-state index contributed by atoms with van der Waals surface area (Å²) in [6, 6.07) is 16.4. The topological polar surface area (TPSA) is 12.5 Å². The molecular formula is C24H34ClNO. The average molecular weight is 388 g/mol. The van der Waals surface area contributed by atoms with E-state index in [-0.39, 0.29) is 0 Å². The van der Waals surface area contributed by atoms with Crippen LogP contribution in [0.3, 0.4) is 0 Å². The molecule has 3 heteroatoms. The van der Waals surface area contributed by atoms with Crippen LogP contribution in [0.2, 0.25) is 5.02 Å². The van der Waals surface area contributed by atoms with Crippen molar-refractivity contribution >= 4 is 11.6 Å². The fraction of sp³-hybridized carbons (Fsp3) is 0.500. The van der Waals surface area contributed by atoms with Crippen LogP contribution in [0.1, 0.15) is 57.1 Å². The number of nitrogens with zero attached hydrogens (tertiary/aromatic N) is 1. The van der Waals surface area contributed by atoms with E-state index < -0.39 is 0 Å². The third-order valence-corrected chi connectivity index (χ3v) is 5.06. The van der Waals surface area contributed by atoms with Gasteiger partial charge >= 0.3 is 0 Å². The Balaban J connectivity index is 1.83. The van der Waals surface area contributed by atoms with Crippen LogP contribution in [0.4, 0.5) is 0 Å². The molecule has 0 heterocycles. The van der Waals surface area contributed by atoms with Crippen molar-refractivity contribution in [3.05, 3.63) is 64.7 Å². The first-order valence-electron chi connectivity index (χ1n) is 10.4. The van der Waals surface area contributed by atoms with Crippen LogP contribution < -0.4 is 4.74 Å². The van der Waals surface area contributed by atoms with E-state index in [1.165, 1.54) is 49.9 Å². The summed E-state index contributed by atoms with van der Waals surface area (Å²) >= 11 is 5.99. The molecule has 148 valence electrons. The smallest absolute Gasteiger partial charge is 0.122 e. The Morgan fingerprint density at radius 3 is 2.11 bits per heavy atom. The lowest BCUT2D eigenvalue weighted by molar-refractivity contribution is 0.228. The zero-order valence-electron chi connectivity index (χ0n) is 16.9. The van der Waals surface area contributed by atoms with Gasteiger partial charge in [-0.15, -0.1) is 0 Å². The molecule has 0 amide bonds. The highest BCUT2D eigenvalue weighted by molar-refractivity contribution is 6.30. The van der Waals surface area contributed by atoms with Crippen molar-refractivity contribution < 1.29 is 4.74 Å². The fourth-order valence-corrected chi connectivity index (χ4v) is 3.31. The summed E-state index contributed by atoms with van der Waals surface area (Å²) in [5.41, 5.74) is 2.48. The lowest BCUT2D eigenvalue weighted by atomic mass is 10.0. The Kier molecular flexibility index (Phi) is 10.3. The van der Waals surface area contributed by atoms with Gasteiger partial charge in [-0.3, -0.25) is 0 Å². The number of hydrogen-bond acceptors (Lipinski definition) is 2. The van der Waals surface area contributed by atoms with Crippen LogP contribution >= 0.6 is 11.6 Å². The Bertz CT molecular complexity index is 633. The van der Waals surface area contributed by atoms with Gasteiger partial charge in [0.15, 0.2) is 0 Å². The molecule has 27 heavy (non-hydrogen) atoms. The van der Waals surface area contributed by atoms with Crippen molar-refractivity contribution in [2.24, 2.45) is 0 Å². The summed E-state index contributed by atoms with van der Waals surface area (Å²) in [5, 5.41) is 0.777. The van der Waals surface area contributed by atoms with Crippen LogP contribution in [-0.4, -0.2) is 31.1 Å². The maximum Gasteiger partial charge on any atom is 0.122 e. The van der Waals surface area contributed by atoms with Crippen LogP contribution in [-0.2, 0) is 6.42 Å². The van der Waals surface area contributed by atoms with Gasteiger partial charge < -0.3 is 9.64 Å². The lowest BCUT2D eigenvalue weighted by Gasteiger charge is -2.22. The minimum Gasteiger partial charge on any atom is -0.493 e. The molecular weight excluding hydrogens is 354 g/mol. The largest absolute Gasteiger partial charge is 0.493 e. The number of benzene rings is 2. The first-order chi connectivity index (χ1) is 13.2. The molecule has 0 unspecified atom stereocenters. The second-order valence-corrected chi connectivity index (χ2v) is 7.60. The first-order valence-corrected chi connectivity index (χ1v) is 10.8. The molecule has 2 aromatic rings. The third kappa shape index (κ3) is 8.36. The summed E-state index contributed by atoms with van der Waals surface area (Å²) in [7, 11) is 0. The molecule has 0 aliphatic rings. The number of unbranched alkanes of at least 4 members (excludes halogenated alkanes) is 2. The van der Waals surface area contributed by atoms with Crippen molar-refractivity contribution in [2.75, 3.05) is 26.2 Å². The molecule has 0 fully saturated rings. The zero-order chi connectivity index (χ0) is 19.3. The molecule has 2 rings (SSSR count). The van der Waals surface area contributed by atoms with Crippen molar-refractivity contribution in [3.8, 4) is 5.75 Å². The highest BCUT2D eigenvalue weighted by Crippen LogP contribution is 2.22. The van der Waals surface area contributed by atoms with E-state index in [4.69, 9.17) is 16.3 Å². The van der Waals surface area contributed by atoms with E-state index in [9.17, 15) is 0 Å². The number of halogens is 1. The van der Waals surface area contributed by atoms with Gasteiger partial charge in [-0.2, -0.15) is 0 Å². The minimum absolute atomic E-state index is 0.770. The van der Waals surface area contributed by atoms with Gasteiger partial charge in [0.1, 0.15) is 5.75 Å². The summed E-state index contributed by atoms with van der Waals surface area (Å²) < 4.78 is 6.14. The first kappa shape index (κ1) is 21.8. The lowest BCUT2D eigenvalue weighted by Crippen LogP contribution is -2.28. The van der Waals surface area contributed by atoms with Crippen molar-refractivity contribution in [1.29, 1.82) is 0 Å². The monoisotopic (exact) mass is 387 g/mol. The van der Waals surface area contributed by atoms with Crippen LogP contribution in [0.5, 0.6) is 5.75 Å². The molecule has 0 aliphatic carbocycles. The normalized spacial score (nSPS) is 11.1. The standard InChI is InChI=1S/C24H34ClNO/c1-3-5-16-26(17-6-4-2)18-9-19-27-24-11-8-7-10-22(24)20-21-12-14-23(25)15-13-21/h7-8,10-15H,3-6,9,16-20H2,1-2H3. The molecule has 0 atom stereocenters. The van der Waals surface area contributed by atoms with Crippen LogP contribution in [0.25, 0.3) is 0 Å². The van der Waals surface area contributed by atoms with Crippen LogP contribution in [0, 0.1) is 0 Å². The number of para-hydroxylation sites is 1. The summed E-state index contributed by atoms with van der Waals surface area (Å²) in [4.78, 5) is 2.59. The minimum atomic E-state index is 0.770. The second kappa shape index (κ2) is 12.8. The molecule has 0 bridgehead atoms. The number of hydrogen-bond donors (Lipinski definition) is 0. The molecule has 0 radical (unpaired) electrons. The number of rotatable bonds is 13. The van der Waals surface area contributed by atoms with E-state index >= 15 is 0 Å². The van der Waals surface area contributed by atoms with Crippen molar-refractivity contribution in [3.63, 3.8) is 0 Å². The molecule has 2 nitrogen and oxygen atoms in total. The molecule has 0 saturated carbocycles. The average Bonchev–Trinajstić information content (AvgIpc) is 2.69. The second-order valence-electron chi connectivity index (χ2n) is 7.16. The Morgan fingerprint density at radius 1 is 0.815 bits per heavy atom. The summed E-state index contributed by atoms with van der Waals surface area (Å²) in [6.45, 7) is 8.84.